The van der Waals surface area contributed by atoms with Crippen LogP contribution >= 0.6 is 0 Å². The van der Waals surface area contributed by atoms with Gasteiger partial charge in [-0.3, -0.25) is 9.59 Å². The number of nitrogens with one attached hydrogen (secondary N) is 1. The first kappa shape index (κ1) is 13.4. The third kappa shape index (κ3) is 3.47. The number of carboxylic acid groups (broad SMARTS) is 1. The average molecular weight is 253 g/mol. The molecule has 4 nitrogen and oxygen atoms in total. The first-order valence-corrected chi connectivity index (χ1v) is 7.13. The van der Waals surface area contributed by atoms with E-state index >= 15 is 0 Å². The van der Waals surface area contributed by atoms with Crippen LogP contribution in [-0.2, 0) is 9.59 Å². The van der Waals surface area contributed by atoms with E-state index in [1.807, 2.05) is 0 Å². The van der Waals surface area contributed by atoms with Gasteiger partial charge in [-0.15, -0.1) is 0 Å². The fourth-order valence-electron chi connectivity index (χ4n) is 2.85. The zero-order chi connectivity index (χ0) is 13.1. The summed E-state index contributed by atoms with van der Waals surface area (Å²) < 4.78 is 0. The van der Waals surface area contributed by atoms with Gasteiger partial charge in [0.25, 0.3) is 0 Å². The van der Waals surface area contributed by atoms with Crippen LogP contribution < -0.4 is 5.32 Å². The molecule has 1 unspecified atom stereocenters. The molecule has 0 bridgehead atoms. The molecule has 102 valence electrons. The topological polar surface area (TPSA) is 66.4 Å². The van der Waals surface area contributed by atoms with Gasteiger partial charge >= 0.3 is 5.97 Å². The van der Waals surface area contributed by atoms with Crippen LogP contribution in [0.4, 0.5) is 0 Å². The lowest BCUT2D eigenvalue weighted by Crippen LogP contribution is -2.38. The van der Waals surface area contributed by atoms with Crippen LogP contribution in [0.25, 0.3) is 0 Å². The van der Waals surface area contributed by atoms with E-state index in [0.29, 0.717) is 12.8 Å². The van der Waals surface area contributed by atoms with E-state index in [9.17, 15) is 9.59 Å². The van der Waals surface area contributed by atoms with Crippen LogP contribution in [0.5, 0.6) is 0 Å². The van der Waals surface area contributed by atoms with E-state index in [4.69, 9.17) is 5.11 Å². The molecule has 1 amide bonds. The Hall–Kier alpha value is -1.06. The Morgan fingerprint density at radius 3 is 2.39 bits per heavy atom. The first-order chi connectivity index (χ1) is 8.60. The summed E-state index contributed by atoms with van der Waals surface area (Å²) in [6.07, 6.45) is 6.55. The van der Waals surface area contributed by atoms with Crippen molar-refractivity contribution in [3.8, 4) is 0 Å². The Labute approximate surface area is 108 Å². The molecule has 2 rings (SSSR count). The lowest BCUT2D eigenvalue weighted by atomic mass is 10.0. The third-order valence-corrected chi connectivity index (χ3v) is 4.31. The highest BCUT2D eigenvalue weighted by molar-refractivity contribution is 5.81. The van der Waals surface area contributed by atoms with Gasteiger partial charge in [0, 0.05) is 12.0 Å². The number of carboxylic acids is 1. The molecule has 2 saturated carbocycles. The van der Waals surface area contributed by atoms with Gasteiger partial charge in [0.05, 0.1) is 5.92 Å². The van der Waals surface area contributed by atoms with Crippen molar-refractivity contribution in [2.24, 2.45) is 17.8 Å². The number of carbonyl (C=O) groups is 2. The molecule has 4 heteroatoms. The highest BCUT2D eigenvalue weighted by Crippen LogP contribution is 2.35. The summed E-state index contributed by atoms with van der Waals surface area (Å²) in [4.78, 5) is 23.0. The summed E-state index contributed by atoms with van der Waals surface area (Å²) in [6.45, 7) is 2.10. The molecule has 0 radical (unpaired) electrons. The van der Waals surface area contributed by atoms with Crippen molar-refractivity contribution < 1.29 is 14.7 Å². The standard InChI is InChI=1S/C14H23NO3/c1-2-12(7-9-3-4-9)15-13(16)10-5-6-11(8-10)14(17)18/h9-12H,2-8H2,1H3,(H,15,16)(H,17,18)/t10-,11+,12?/m1/s1. The van der Waals surface area contributed by atoms with E-state index in [2.05, 4.69) is 12.2 Å². The molecule has 2 aliphatic carbocycles. The predicted molar refractivity (Wildman–Crippen MR) is 68.0 cm³/mol. The molecule has 2 aliphatic rings. The molecule has 3 atom stereocenters. The molecule has 0 aromatic rings. The van der Waals surface area contributed by atoms with E-state index in [1.165, 1.54) is 12.8 Å². The predicted octanol–water partition coefficient (Wildman–Crippen LogP) is 2.18. The molecule has 2 N–H and O–H groups in total. The zero-order valence-electron chi connectivity index (χ0n) is 11.0. The number of aliphatic carboxylic acids is 1. The minimum atomic E-state index is -0.754. The molecule has 18 heavy (non-hydrogen) atoms. The van der Waals surface area contributed by atoms with Crippen LogP contribution in [0.3, 0.4) is 0 Å². The Bertz CT molecular complexity index is 325. The van der Waals surface area contributed by atoms with Crippen molar-refractivity contribution in [1.82, 2.24) is 5.32 Å². The maximum Gasteiger partial charge on any atom is 0.306 e. The quantitative estimate of drug-likeness (QED) is 0.762. The van der Waals surface area contributed by atoms with Gasteiger partial charge in [-0.2, -0.15) is 0 Å². The number of hydrogen-bond acceptors (Lipinski definition) is 2. The zero-order valence-corrected chi connectivity index (χ0v) is 11.0. The highest BCUT2D eigenvalue weighted by Gasteiger charge is 2.35. The summed E-state index contributed by atoms with van der Waals surface area (Å²) in [5.74, 6) is -0.268. The number of amides is 1. The largest absolute Gasteiger partial charge is 0.481 e. The minimum Gasteiger partial charge on any atom is -0.481 e. The molecule has 0 spiro atoms. The average Bonchev–Trinajstić information content (AvgIpc) is 3.00. The van der Waals surface area contributed by atoms with Gasteiger partial charge in [-0.25, -0.2) is 0 Å². The van der Waals surface area contributed by atoms with Crippen molar-refractivity contribution in [2.75, 3.05) is 0 Å². The smallest absolute Gasteiger partial charge is 0.306 e. The lowest BCUT2D eigenvalue weighted by Gasteiger charge is -2.19. The van der Waals surface area contributed by atoms with E-state index < -0.39 is 5.97 Å². The molecular formula is C14H23NO3. The first-order valence-electron chi connectivity index (χ1n) is 7.13. The monoisotopic (exact) mass is 253 g/mol. The second-order valence-electron chi connectivity index (χ2n) is 5.84. The van der Waals surface area contributed by atoms with Crippen LogP contribution in [0.15, 0.2) is 0 Å². The van der Waals surface area contributed by atoms with E-state index in [1.54, 1.807) is 0 Å². The van der Waals surface area contributed by atoms with Crippen LogP contribution in [-0.4, -0.2) is 23.0 Å². The highest BCUT2D eigenvalue weighted by atomic mass is 16.4. The second-order valence-corrected chi connectivity index (χ2v) is 5.84. The van der Waals surface area contributed by atoms with E-state index in [0.717, 1.165) is 25.2 Å². The number of rotatable bonds is 6. The summed E-state index contributed by atoms with van der Waals surface area (Å²) in [5, 5.41) is 12.0. The van der Waals surface area contributed by atoms with Gasteiger partial charge in [0.2, 0.25) is 5.91 Å². The van der Waals surface area contributed by atoms with Gasteiger partial charge < -0.3 is 10.4 Å². The SMILES string of the molecule is CCC(CC1CC1)NC(=O)[C@@H]1CC[C@H](C(=O)O)C1. The number of hydrogen-bond donors (Lipinski definition) is 2. The Morgan fingerprint density at radius 2 is 1.89 bits per heavy atom. The fourth-order valence-corrected chi connectivity index (χ4v) is 2.85. The van der Waals surface area contributed by atoms with Crippen molar-refractivity contribution in [2.45, 2.75) is 57.9 Å². The Morgan fingerprint density at radius 1 is 1.22 bits per heavy atom. The maximum absolute atomic E-state index is 12.1. The lowest BCUT2D eigenvalue weighted by molar-refractivity contribution is -0.141. The van der Waals surface area contributed by atoms with Crippen LogP contribution in [0.2, 0.25) is 0 Å². The van der Waals surface area contributed by atoms with Crippen molar-refractivity contribution in [3.63, 3.8) is 0 Å². The van der Waals surface area contributed by atoms with Crippen LogP contribution in [0, 0.1) is 17.8 Å². The van der Waals surface area contributed by atoms with Gasteiger partial charge in [-0.1, -0.05) is 19.8 Å². The third-order valence-electron chi connectivity index (χ3n) is 4.31. The minimum absolute atomic E-state index is 0.0752. The maximum atomic E-state index is 12.1. The van der Waals surface area contributed by atoms with Crippen LogP contribution in [0.1, 0.15) is 51.9 Å². The molecular weight excluding hydrogens is 230 g/mol. The Balaban J connectivity index is 1.78. The van der Waals surface area contributed by atoms with Crippen molar-refractivity contribution in [1.29, 1.82) is 0 Å². The molecule has 0 aliphatic heterocycles. The van der Waals surface area contributed by atoms with Gasteiger partial charge in [0.1, 0.15) is 0 Å². The molecule has 2 fully saturated rings. The number of carbonyl (C=O) groups excluding carboxylic acids is 1. The van der Waals surface area contributed by atoms with Crippen molar-refractivity contribution in [3.05, 3.63) is 0 Å². The summed E-state index contributed by atoms with van der Waals surface area (Å²) in [5.41, 5.74) is 0. The molecule has 0 aromatic carbocycles. The van der Waals surface area contributed by atoms with Gasteiger partial charge in [0.15, 0.2) is 0 Å². The second kappa shape index (κ2) is 5.72. The molecule has 0 heterocycles. The molecule has 0 saturated heterocycles. The normalized spacial score (nSPS) is 28.9. The Kier molecular flexibility index (Phi) is 4.25. The van der Waals surface area contributed by atoms with Gasteiger partial charge in [-0.05, 0) is 38.0 Å². The van der Waals surface area contributed by atoms with E-state index in [-0.39, 0.29) is 23.8 Å². The van der Waals surface area contributed by atoms with Crippen molar-refractivity contribution >= 4 is 11.9 Å². The summed E-state index contributed by atoms with van der Waals surface area (Å²) in [6, 6.07) is 0.286. The summed E-state index contributed by atoms with van der Waals surface area (Å²) in [7, 11) is 0. The fraction of sp³-hybridized carbons (Fsp3) is 0.857. The summed E-state index contributed by atoms with van der Waals surface area (Å²) >= 11 is 0. The molecule has 0 aromatic heterocycles.